The summed E-state index contributed by atoms with van der Waals surface area (Å²) < 4.78 is 17.4. The molecule has 5 rings (SSSR count). The third kappa shape index (κ3) is 7.37. The summed E-state index contributed by atoms with van der Waals surface area (Å²) in [5.41, 5.74) is 0.269. The Morgan fingerprint density at radius 2 is 2.04 bits per heavy atom. The number of fused-ring (bicyclic) bond motifs is 3. The van der Waals surface area contributed by atoms with Crippen LogP contribution in [0.5, 0.6) is 11.6 Å². The maximum atomic E-state index is 13.9. The summed E-state index contributed by atoms with van der Waals surface area (Å²) in [6, 6.07) is 6.02. The lowest BCUT2D eigenvalue weighted by Gasteiger charge is -2.27. The highest BCUT2D eigenvalue weighted by Gasteiger charge is 2.61. The van der Waals surface area contributed by atoms with E-state index in [1.807, 2.05) is 51.1 Å². The molecule has 3 N–H and O–H groups in total. The summed E-state index contributed by atoms with van der Waals surface area (Å²) in [7, 11) is 0. The molecule has 5 atom stereocenters. The van der Waals surface area contributed by atoms with Crippen LogP contribution in [0.1, 0.15) is 70.8 Å². The number of carboxylic acid groups (broad SMARTS) is 1. The second-order valence-electron chi connectivity index (χ2n) is 12.4. The van der Waals surface area contributed by atoms with E-state index in [9.17, 15) is 24.3 Å². The lowest BCUT2D eigenvalue weighted by atomic mass is 10.0. The van der Waals surface area contributed by atoms with Crippen molar-refractivity contribution in [3.63, 3.8) is 0 Å². The first kappa shape index (κ1) is 33.0. The van der Waals surface area contributed by atoms with Crippen LogP contribution < -0.4 is 20.1 Å². The second-order valence-corrected chi connectivity index (χ2v) is 12.4. The number of carboxylic acids is 1. The molecule has 0 radical (unpaired) electrons. The summed E-state index contributed by atoms with van der Waals surface area (Å²) >= 11 is 0. The molecule has 12 heteroatoms. The number of rotatable bonds is 8. The Balaban J connectivity index is 1.43. The van der Waals surface area contributed by atoms with Gasteiger partial charge in [0.15, 0.2) is 0 Å². The number of aryl methyl sites for hydroxylation is 1. The first-order chi connectivity index (χ1) is 22.1. The molecule has 3 aliphatic rings. The summed E-state index contributed by atoms with van der Waals surface area (Å²) in [5.74, 6) is -1.37. The molecule has 2 fully saturated rings. The van der Waals surface area contributed by atoms with Crippen molar-refractivity contribution in [2.24, 2.45) is 5.92 Å². The molecule has 12 nitrogen and oxygen atoms in total. The van der Waals surface area contributed by atoms with Gasteiger partial charge in [0.1, 0.15) is 23.4 Å². The molecule has 0 unspecified atom stereocenters. The fourth-order valence-electron chi connectivity index (χ4n) is 6.38. The van der Waals surface area contributed by atoms with Gasteiger partial charge >= 0.3 is 12.1 Å². The van der Waals surface area contributed by atoms with Gasteiger partial charge in [-0.15, -0.1) is 0 Å². The molecule has 0 spiro atoms. The molecular weight excluding hydrogens is 592 g/mol. The van der Waals surface area contributed by atoms with Crippen LogP contribution in [-0.2, 0) is 19.1 Å². The Hall–Kier alpha value is -4.35. The fraction of sp³-hybridized carbons (Fsp3) is 0.559. The lowest BCUT2D eigenvalue weighted by molar-refractivity contribution is -0.145. The quantitative estimate of drug-likeness (QED) is 0.360. The number of alkyl carbamates (subject to hydrolysis) is 1. The number of nitrogens with one attached hydrogen (secondary N) is 2. The zero-order valence-electron chi connectivity index (χ0n) is 26.8. The van der Waals surface area contributed by atoms with Gasteiger partial charge in [-0.25, -0.2) is 14.6 Å². The van der Waals surface area contributed by atoms with Crippen LogP contribution in [0.2, 0.25) is 0 Å². The minimum absolute atomic E-state index is 0.0356. The van der Waals surface area contributed by atoms with Crippen molar-refractivity contribution in [2.45, 2.75) is 95.9 Å². The Bertz CT molecular complexity index is 1500. The first-order valence-corrected chi connectivity index (χ1v) is 16.3. The van der Waals surface area contributed by atoms with E-state index in [0.29, 0.717) is 37.5 Å². The zero-order valence-corrected chi connectivity index (χ0v) is 26.8. The molecule has 2 aromatic rings. The summed E-state index contributed by atoms with van der Waals surface area (Å²) in [6.45, 7) is 6.51. The number of hydrogen-bond acceptors (Lipinski definition) is 8. The van der Waals surface area contributed by atoms with Gasteiger partial charge in [0.05, 0.1) is 25.3 Å². The molecule has 3 amide bonds. The van der Waals surface area contributed by atoms with Crippen LogP contribution in [0.4, 0.5) is 4.79 Å². The monoisotopic (exact) mass is 636 g/mol. The van der Waals surface area contributed by atoms with Crippen molar-refractivity contribution >= 4 is 34.8 Å². The topological polar surface area (TPSA) is 156 Å². The SMILES string of the molecule is CCCOC(=O)N[C@H]1CCCC/C=C\[C@@H]2C[C@@]2(C(=O)O)NC(=O)[C@@H]2C[C@@H](Oc3cc(OCC)nc4c(C)cccc34)CN2C(=O)C1. The highest BCUT2D eigenvalue weighted by atomic mass is 16.5. The fourth-order valence-corrected chi connectivity index (χ4v) is 6.38. The van der Waals surface area contributed by atoms with Crippen LogP contribution in [0.25, 0.3) is 10.9 Å². The maximum Gasteiger partial charge on any atom is 0.407 e. The molecule has 0 bridgehead atoms. The average molecular weight is 637 g/mol. The number of aliphatic carboxylic acids is 1. The van der Waals surface area contributed by atoms with Gasteiger partial charge < -0.3 is 34.9 Å². The van der Waals surface area contributed by atoms with Gasteiger partial charge in [-0.2, -0.15) is 0 Å². The molecule has 1 aliphatic carbocycles. The number of aromatic nitrogens is 1. The van der Waals surface area contributed by atoms with E-state index in [-0.39, 0.29) is 37.8 Å². The van der Waals surface area contributed by atoms with Crippen molar-refractivity contribution in [1.82, 2.24) is 20.5 Å². The number of para-hydroxylation sites is 1. The van der Waals surface area contributed by atoms with Gasteiger partial charge in [0.2, 0.25) is 17.7 Å². The maximum absolute atomic E-state index is 13.9. The molecule has 1 saturated carbocycles. The number of carbonyl (C=O) groups excluding carboxylic acids is 3. The number of hydrogen-bond donors (Lipinski definition) is 3. The van der Waals surface area contributed by atoms with Gasteiger partial charge in [-0.3, -0.25) is 9.59 Å². The number of amides is 3. The number of ether oxygens (including phenoxy) is 3. The first-order valence-electron chi connectivity index (χ1n) is 16.3. The van der Waals surface area contributed by atoms with Gasteiger partial charge in [0, 0.05) is 36.3 Å². The molecule has 1 aromatic carbocycles. The molecule has 1 saturated heterocycles. The Labute approximate surface area is 268 Å². The normalized spacial score (nSPS) is 27.3. The Morgan fingerprint density at radius 3 is 2.80 bits per heavy atom. The predicted molar refractivity (Wildman–Crippen MR) is 170 cm³/mol. The number of benzene rings is 1. The van der Waals surface area contributed by atoms with E-state index in [0.717, 1.165) is 35.7 Å². The van der Waals surface area contributed by atoms with Crippen LogP contribution in [0, 0.1) is 12.8 Å². The lowest BCUT2D eigenvalue weighted by Crippen LogP contribution is -2.53. The Kier molecular flexibility index (Phi) is 10.3. The number of nitrogens with zero attached hydrogens (tertiary/aromatic N) is 2. The van der Waals surface area contributed by atoms with E-state index >= 15 is 0 Å². The molecule has 248 valence electrons. The molecule has 2 aliphatic heterocycles. The van der Waals surface area contributed by atoms with Crippen LogP contribution in [0.15, 0.2) is 36.4 Å². The largest absolute Gasteiger partial charge is 0.488 e. The van der Waals surface area contributed by atoms with Gasteiger partial charge in [-0.05, 0) is 57.6 Å². The molecule has 46 heavy (non-hydrogen) atoms. The van der Waals surface area contributed by atoms with E-state index in [1.54, 1.807) is 6.07 Å². The molecule has 3 heterocycles. The number of carbonyl (C=O) groups is 4. The van der Waals surface area contributed by atoms with Crippen molar-refractivity contribution in [1.29, 1.82) is 0 Å². The van der Waals surface area contributed by atoms with Gasteiger partial charge in [-0.1, -0.05) is 37.6 Å². The highest BCUT2D eigenvalue weighted by Crippen LogP contribution is 2.45. The van der Waals surface area contributed by atoms with Crippen molar-refractivity contribution < 1.29 is 38.5 Å². The van der Waals surface area contributed by atoms with E-state index < -0.39 is 41.7 Å². The smallest absolute Gasteiger partial charge is 0.407 e. The third-order valence-corrected chi connectivity index (χ3v) is 8.92. The van der Waals surface area contributed by atoms with Crippen LogP contribution >= 0.6 is 0 Å². The predicted octanol–water partition coefficient (Wildman–Crippen LogP) is 4.27. The average Bonchev–Trinajstić information content (AvgIpc) is 3.55. The highest BCUT2D eigenvalue weighted by molar-refractivity contribution is 5.95. The van der Waals surface area contributed by atoms with Crippen LogP contribution in [0.3, 0.4) is 0 Å². The molecular formula is C34H44N4O8. The van der Waals surface area contributed by atoms with Crippen molar-refractivity contribution in [3.05, 3.63) is 42.0 Å². The molecule has 1 aromatic heterocycles. The standard InChI is InChI=1S/C34H44N4O8/c1-4-15-45-33(43)35-23-13-9-7-6-8-12-22-19-34(22,32(41)42)37-31(40)26-17-24(20-38(26)29(39)16-23)46-27-18-28(44-5-2)36-30-21(3)11-10-14-25(27)30/h8,10-12,14,18,22-24,26H,4-7,9,13,15-17,19-20H2,1-3H3,(H,35,43)(H,37,40)(H,41,42)/b12-8-/t22-,23+,24-,26+,34-/m1/s1. The zero-order chi connectivity index (χ0) is 32.8. The summed E-state index contributed by atoms with van der Waals surface area (Å²) in [6.07, 6.45) is 6.57. The van der Waals surface area contributed by atoms with E-state index in [2.05, 4.69) is 15.6 Å². The Morgan fingerprint density at radius 1 is 1.22 bits per heavy atom. The summed E-state index contributed by atoms with van der Waals surface area (Å²) in [4.78, 5) is 58.7. The van der Waals surface area contributed by atoms with Crippen LogP contribution in [-0.4, -0.2) is 82.4 Å². The minimum atomic E-state index is -1.40. The number of allylic oxidation sites excluding steroid dienone is 1. The minimum Gasteiger partial charge on any atom is -0.488 e. The van der Waals surface area contributed by atoms with E-state index in [4.69, 9.17) is 14.2 Å². The van der Waals surface area contributed by atoms with Gasteiger partial charge in [0.25, 0.3) is 0 Å². The second kappa shape index (κ2) is 14.4. The summed E-state index contributed by atoms with van der Waals surface area (Å²) in [5, 5.41) is 16.5. The van der Waals surface area contributed by atoms with E-state index in [1.165, 1.54) is 4.90 Å². The van der Waals surface area contributed by atoms with Crippen molar-refractivity contribution in [3.8, 4) is 11.6 Å². The third-order valence-electron chi connectivity index (χ3n) is 8.92. The van der Waals surface area contributed by atoms with Crippen molar-refractivity contribution in [2.75, 3.05) is 19.8 Å². The number of pyridine rings is 1.